The van der Waals surface area contributed by atoms with Crippen LogP contribution in [0, 0.1) is 11.3 Å². The van der Waals surface area contributed by atoms with Gasteiger partial charge in [-0.25, -0.2) is 0 Å². The van der Waals surface area contributed by atoms with Gasteiger partial charge in [-0.3, -0.25) is 4.79 Å². The topological polar surface area (TPSA) is 83.0 Å². The number of hydrogen-bond acceptors (Lipinski definition) is 6. The van der Waals surface area contributed by atoms with E-state index in [9.17, 15) is 4.79 Å². The van der Waals surface area contributed by atoms with Gasteiger partial charge in [-0.1, -0.05) is 45.9 Å². The smallest absolute Gasteiger partial charge is 0.277 e. The quantitative estimate of drug-likeness (QED) is 0.499. The lowest BCUT2D eigenvalue weighted by Gasteiger charge is -2.21. The number of para-hydroxylation sites is 1. The summed E-state index contributed by atoms with van der Waals surface area (Å²) in [7, 11) is 0. The molecule has 0 spiro atoms. The van der Waals surface area contributed by atoms with Crippen LogP contribution in [0.15, 0.2) is 68.7 Å². The fraction of sp³-hybridized carbons (Fsp3) is 0.158. The SMILES string of the molecule is N#CCCN(C(=O)CSc1nnc(-c2ccc(Br)cc2)o1)c1ccccc1. The van der Waals surface area contributed by atoms with Crippen LogP contribution in [0.1, 0.15) is 6.42 Å². The zero-order chi connectivity index (χ0) is 19.1. The maximum atomic E-state index is 12.6. The lowest BCUT2D eigenvalue weighted by atomic mass is 10.2. The number of halogens is 1. The monoisotopic (exact) mass is 442 g/mol. The van der Waals surface area contributed by atoms with Crippen LogP contribution in [0.5, 0.6) is 0 Å². The van der Waals surface area contributed by atoms with E-state index in [-0.39, 0.29) is 18.1 Å². The largest absolute Gasteiger partial charge is 0.411 e. The predicted octanol–water partition coefficient (Wildman–Crippen LogP) is 4.54. The van der Waals surface area contributed by atoms with Crippen molar-refractivity contribution >= 4 is 39.3 Å². The minimum Gasteiger partial charge on any atom is -0.411 e. The van der Waals surface area contributed by atoms with Gasteiger partial charge in [0.15, 0.2) is 0 Å². The molecule has 1 amide bonds. The molecule has 3 aromatic rings. The van der Waals surface area contributed by atoms with Crippen molar-refractivity contribution in [2.75, 3.05) is 17.2 Å². The first kappa shape index (κ1) is 19.1. The number of hydrogen-bond donors (Lipinski definition) is 0. The van der Waals surface area contributed by atoms with E-state index < -0.39 is 0 Å². The molecule has 1 aromatic heterocycles. The third kappa shape index (κ3) is 5.18. The maximum Gasteiger partial charge on any atom is 0.277 e. The van der Waals surface area contributed by atoms with Crippen LogP contribution in [0.4, 0.5) is 5.69 Å². The van der Waals surface area contributed by atoms with Crippen LogP contribution in [0.3, 0.4) is 0 Å². The number of aromatic nitrogens is 2. The van der Waals surface area contributed by atoms with Crippen LogP contribution < -0.4 is 4.90 Å². The Kier molecular flexibility index (Phi) is 6.63. The van der Waals surface area contributed by atoms with E-state index in [1.807, 2.05) is 54.6 Å². The van der Waals surface area contributed by atoms with Crippen molar-refractivity contribution in [3.8, 4) is 17.5 Å². The van der Waals surface area contributed by atoms with Gasteiger partial charge in [-0.2, -0.15) is 5.26 Å². The van der Waals surface area contributed by atoms with E-state index in [1.54, 1.807) is 4.90 Å². The molecule has 0 aliphatic carbocycles. The molecule has 0 N–H and O–H groups in total. The van der Waals surface area contributed by atoms with Gasteiger partial charge in [-0.15, -0.1) is 10.2 Å². The van der Waals surface area contributed by atoms with Gasteiger partial charge < -0.3 is 9.32 Å². The van der Waals surface area contributed by atoms with Crippen molar-refractivity contribution in [3.63, 3.8) is 0 Å². The number of nitriles is 1. The Balaban J connectivity index is 1.65. The molecule has 0 radical (unpaired) electrons. The van der Waals surface area contributed by atoms with Crippen LogP contribution >= 0.6 is 27.7 Å². The molecule has 3 rings (SSSR count). The van der Waals surface area contributed by atoms with Gasteiger partial charge in [0.05, 0.1) is 18.2 Å². The number of benzene rings is 2. The Morgan fingerprint density at radius 1 is 1.15 bits per heavy atom. The van der Waals surface area contributed by atoms with Crippen LogP contribution in [0.25, 0.3) is 11.5 Å². The number of rotatable bonds is 7. The first-order chi connectivity index (χ1) is 13.2. The molecule has 27 heavy (non-hydrogen) atoms. The second-order valence-corrected chi connectivity index (χ2v) is 7.30. The summed E-state index contributed by atoms with van der Waals surface area (Å²) in [5, 5.41) is 17.2. The van der Waals surface area contributed by atoms with Crippen LogP contribution in [-0.2, 0) is 4.79 Å². The molecular weight excluding hydrogens is 428 g/mol. The molecule has 6 nitrogen and oxygen atoms in total. The molecule has 0 saturated heterocycles. The highest BCUT2D eigenvalue weighted by atomic mass is 79.9. The fourth-order valence-corrected chi connectivity index (χ4v) is 3.25. The van der Waals surface area contributed by atoms with Crippen molar-refractivity contribution in [1.82, 2.24) is 10.2 Å². The number of amides is 1. The molecule has 0 aliphatic heterocycles. The van der Waals surface area contributed by atoms with E-state index in [0.29, 0.717) is 17.7 Å². The minimum atomic E-state index is -0.121. The summed E-state index contributed by atoms with van der Waals surface area (Å²) in [6.45, 7) is 0.341. The van der Waals surface area contributed by atoms with E-state index in [2.05, 4.69) is 32.2 Å². The van der Waals surface area contributed by atoms with E-state index in [4.69, 9.17) is 9.68 Å². The molecule has 0 saturated carbocycles. The lowest BCUT2D eigenvalue weighted by Crippen LogP contribution is -2.33. The second-order valence-electron chi connectivity index (χ2n) is 5.46. The first-order valence-corrected chi connectivity index (χ1v) is 9.90. The molecule has 8 heteroatoms. The van der Waals surface area contributed by atoms with Crippen molar-refractivity contribution in [3.05, 3.63) is 59.1 Å². The highest BCUT2D eigenvalue weighted by molar-refractivity contribution is 9.10. The van der Waals surface area contributed by atoms with E-state index >= 15 is 0 Å². The zero-order valence-corrected chi connectivity index (χ0v) is 16.6. The third-order valence-electron chi connectivity index (χ3n) is 3.63. The number of carbonyl (C=O) groups excluding carboxylic acids is 1. The summed E-state index contributed by atoms with van der Waals surface area (Å²) >= 11 is 4.56. The average Bonchev–Trinajstić information content (AvgIpc) is 3.17. The van der Waals surface area contributed by atoms with Gasteiger partial charge in [0.1, 0.15) is 0 Å². The van der Waals surface area contributed by atoms with Gasteiger partial charge in [0, 0.05) is 22.3 Å². The van der Waals surface area contributed by atoms with Crippen molar-refractivity contribution in [2.24, 2.45) is 0 Å². The Labute approximate surface area is 169 Å². The summed E-state index contributed by atoms with van der Waals surface area (Å²) in [4.78, 5) is 14.2. The summed E-state index contributed by atoms with van der Waals surface area (Å²) in [6, 6.07) is 18.9. The predicted molar refractivity (Wildman–Crippen MR) is 107 cm³/mol. The van der Waals surface area contributed by atoms with Crippen LogP contribution in [-0.4, -0.2) is 28.4 Å². The second kappa shape index (κ2) is 9.35. The number of carbonyl (C=O) groups is 1. The normalized spacial score (nSPS) is 10.4. The van der Waals surface area contributed by atoms with Gasteiger partial charge >= 0.3 is 0 Å². The maximum absolute atomic E-state index is 12.6. The molecule has 0 bridgehead atoms. The number of anilines is 1. The number of thioether (sulfide) groups is 1. The standard InChI is InChI=1S/C19H15BrN4O2S/c20-15-9-7-14(8-10-15)18-22-23-19(26-18)27-13-17(25)24(12-4-11-21)16-5-2-1-3-6-16/h1-3,5-10H,4,12-13H2. The Bertz CT molecular complexity index is 938. The molecular formula is C19H15BrN4O2S. The van der Waals surface area contributed by atoms with Crippen molar-refractivity contribution in [1.29, 1.82) is 5.26 Å². The molecule has 0 fully saturated rings. The Morgan fingerprint density at radius 3 is 2.59 bits per heavy atom. The summed E-state index contributed by atoms with van der Waals surface area (Å²) < 4.78 is 6.59. The molecule has 136 valence electrons. The summed E-state index contributed by atoms with van der Waals surface area (Å²) in [6.07, 6.45) is 0.263. The molecule has 1 heterocycles. The van der Waals surface area contributed by atoms with Crippen molar-refractivity contribution < 1.29 is 9.21 Å². The highest BCUT2D eigenvalue weighted by Gasteiger charge is 2.17. The average molecular weight is 443 g/mol. The third-order valence-corrected chi connectivity index (χ3v) is 4.96. The fourth-order valence-electron chi connectivity index (χ4n) is 2.35. The highest BCUT2D eigenvalue weighted by Crippen LogP contribution is 2.25. The molecule has 0 unspecified atom stereocenters. The lowest BCUT2D eigenvalue weighted by molar-refractivity contribution is -0.116. The Morgan fingerprint density at radius 2 is 1.89 bits per heavy atom. The van der Waals surface area contributed by atoms with Gasteiger partial charge in [0.2, 0.25) is 11.8 Å². The Hall–Kier alpha value is -2.63. The van der Waals surface area contributed by atoms with E-state index in [0.717, 1.165) is 15.7 Å². The number of nitrogens with zero attached hydrogens (tertiary/aromatic N) is 4. The van der Waals surface area contributed by atoms with Crippen LogP contribution in [0.2, 0.25) is 0 Å². The van der Waals surface area contributed by atoms with E-state index in [1.165, 1.54) is 11.8 Å². The first-order valence-electron chi connectivity index (χ1n) is 8.12. The molecule has 0 atom stereocenters. The minimum absolute atomic E-state index is 0.121. The van der Waals surface area contributed by atoms with Crippen molar-refractivity contribution in [2.45, 2.75) is 11.6 Å². The van der Waals surface area contributed by atoms with Gasteiger partial charge in [-0.05, 0) is 36.4 Å². The molecule has 0 aliphatic rings. The summed E-state index contributed by atoms with van der Waals surface area (Å²) in [5.41, 5.74) is 1.57. The molecule has 2 aromatic carbocycles. The summed E-state index contributed by atoms with van der Waals surface area (Å²) in [5.74, 6) is 0.425. The zero-order valence-electron chi connectivity index (χ0n) is 14.2. The van der Waals surface area contributed by atoms with Gasteiger partial charge in [0.25, 0.3) is 5.22 Å².